The van der Waals surface area contributed by atoms with E-state index in [9.17, 15) is 18.1 Å². The Morgan fingerprint density at radius 2 is 1.88 bits per heavy atom. The summed E-state index contributed by atoms with van der Waals surface area (Å²) in [4.78, 5) is 0. The molecule has 3 aromatic rings. The third-order valence-electron chi connectivity index (χ3n) is 5.05. The Balaban J connectivity index is 1.98. The average Bonchev–Trinajstić information content (AvgIpc) is 3.03. The highest BCUT2D eigenvalue weighted by molar-refractivity contribution is 7.89. The van der Waals surface area contributed by atoms with Gasteiger partial charge in [0.15, 0.2) is 0 Å². The summed E-state index contributed by atoms with van der Waals surface area (Å²) in [7, 11) is -1.77. The van der Waals surface area contributed by atoms with Gasteiger partial charge < -0.3 is 9.30 Å². The molecule has 1 heterocycles. The van der Waals surface area contributed by atoms with Crippen molar-refractivity contribution in [3.63, 3.8) is 0 Å². The molecule has 0 aliphatic rings. The smallest absolute Gasteiger partial charge is 0.229 e. The van der Waals surface area contributed by atoms with Crippen molar-refractivity contribution in [1.29, 1.82) is 5.26 Å². The van der Waals surface area contributed by atoms with E-state index in [1.807, 2.05) is 6.92 Å². The second-order valence-electron chi connectivity index (χ2n) is 7.33. The Morgan fingerprint density at radius 1 is 1.22 bits per heavy atom. The molecule has 32 heavy (non-hydrogen) atoms. The first kappa shape index (κ1) is 23.1. The molecule has 166 valence electrons. The van der Waals surface area contributed by atoms with Crippen LogP contribution in [0.15, 0.2) is 55.1 Å². The van der Waals surface area contributed by atoms with Gasteiger partial charge in [0.05, 0.1) is 23.2 Å². The summed E-state index contributed by atoms with van der Waals surface area (Å²) in [6.45, 7) is 5.90. The van der Waals surface area contributed by atoms with E-state index in [4.69, 9.17) is 4.74 Å². The average molecular weight is 454 g/mol. The fraction of sp³-hybridized carbons (Fsp3) is 0.208. The number of nitriles is 1. The summed E-state index contributed by atoms with van der Waals surface area (Å²) in [6, 6.07) is 15.7. The third kappa shape index (κ3) is 4.84. The molecule has 6 nitrogen and oxygen atoms in total. The first-order chi connectivity index (χ1) is 15.2. The van der Waals surface area contributed by atoms with E-state index < -0.39 is 10.0 Å². The lowest BCUT2D eigenvalue weighted by Gasteiger charge is -2.13. The van der Waals surface area contributed by atoms with Crippen LogP contribution in [0.3, 0.4) is 0 Å². The zero-order chi connectivity index (χ0) is 23.5. The molecule has 0 fully saturated rings. The standard InChI is InChI=1S/C24H24FN3O3S/c1-5-22-20(14-26)23(24(28(22)3)16(2)27-32(4,29)30)17-10-12-19(13-11-17)31-15-18-8-6-7-9-21(18)25/h6-13,27H,2,5,15H2,1,3-4H3. The van der Waals surface area contributed by atoms with E-state index in [1.54, 1.807) is 54.1 Å². The molecule has 0 radical (unpaired) electrons. The molecule has 1 N–H and O–H groups in total. The van der Waals surface area contributed by atoms with Gasteiger partial charge in [-0.3, -0.25) is 4.72 Å². The van der Waals surface area contributed by atoms with Crippen LogP contribution in [-0.4, -0.2) is 19.2 Å². The lowest BCUT2D eigenvalue weighted by Crippen LogP contribution is -2.21. The minimum Gasteiger partial charge on any atom is -0.489 e. The van der Waals surface area contributed by atoms with E-state index in [0.717, 1.165) is 11.9 Å². The molecule has 2 aromatic carbocycles. The van der Waals surface area contributed by atoms with Crippen LogP contribution in [0.2, 0.25) is 0 Å². The number of nitrogens with zero attached hydrogens (tertiary/aromatic N) is 2. The van der Waals surface area contributed by atoms with Crippen molar-refractivity contribution in [2.24, 2.45) is 7.05 Å². The Morgan fingerprint density at radius 3 is 2.44 bits per heavy atom. The molecular weight excluding hydrogens is 429 g/mol. The highest BCUT2D eigenvalue weighted by Gasteiger charge is 2.24. The largest absolute Gasteiger partial charge is 0.489 e. The normalized spacial score (nSPS) is 11.1. The van der Waals surface area contributed by atoms with Crippen LogP contribution in [0.1, 0.15) is 29.4 Å². The number of hydrogen-bond donors (Lipinski definition) is 1. The molecule has 0 bridgehead atoms. The van der Waals surface area contributed by atoms with Crippen LogP contribution in [0.25, 0.3) is 16.8 Å². The lowest BCUT2D eigenvalue weighted by molar-refractivity contribution is 0.300. The third-order valence-corrected chi connectivity index (χ3v) is 5.67. The quantitative estimate of drug-likeness (QED) is 0.549. The Hall–Kier alpha value is -3.57. The predicted molar refractivity (Wildman–Crippen MR) is 123 cm³/mol. The molecule has 0 aliphatic heterocycles. The van der Waals surface area contributed by atoms with Gasteiger partial charge in [-0.25, -0.2) is 12.8 Å². The van der Waals surface area contributed by atoms with Crippen molar-refractivity contribution in [1.82, 2.24) is 9.29 Å². The number of halogens is 1. The Labute approximate surface area is 187 Å². The second-order valence-corrected chi connectivity index (χ2v) is 9.08. The number of hydrogen-bond acceptors (Lipinski definition) is 4. The maximum Gasteiger partial charge on any atom is 0.229 e. The van der Waals surface area contributed by atoms with Crippen molar-refractivity contribution in [2.45, 2.75) is 20.0 Å². The number of sulfonamides is 1. The monoisotopic (exact) mass is 453 g/mol. The maximum absolute atomic E-state index is 13.8. The van der Waals surface area contributed by atoms with Crippen molar-refractivity contribution in [3.05, 3.63) is 83.4 Å². The molecule has 8 heteroatoms. The van der Waals surface area contributed by atoms with Crippen molar-refractivity contribution < 1.29 is 17.5 Å². The number of rotatable bonds is 8. The minimum absolute atomic E-state index is 0.0844. The molecule has 1 aromatic heterocycles. The molecule has 0 saturated carbocycles. The predicted octanol–water partition coefficient (Wildman–Crippen LogP) is 4.36. The van der Waals surface area contributed by atoms with E-state index in [1.165, 1.54) is 6.07 Å². The molecule has 0 aliphatic carbocycles. The van der Waals surface area contributed by atoms with Gasteiger partial charge in [0.2, 0.25) is 10.0 Å². The summed E-state index contributed by atoms with van der Waals surface area (Å²) >= 11 is 0. The number of benzene rings is 2. The van der Waals surface area contributed by atoms with E-state index >= 15 is 0 Å². The number of nitrogens with one attached hydrogen (secondary N) is 1. The van der Waals surface area contributed by atoms with E-state index in [2.05, 4.69) is 17.4 Å². The number of aromatic nitrogens is 1. The Kier molecular flexibility index (Phi) is 6.70. The molecule has 0 saturated heterocycles. The minimum atomic E-state index is -3.54. The van der Waals surface area contributed by atoms with E-state index in [-0.39, 0.29) is 18.1 Å². The molecule has 0 unspecified atom stereocenters. The van der Waals surface area contributed by atoms with Crippen LogP contribution in [-0.2, 0) is 30.1 Å². The Bertz CT molecular complexity index is 1300. The zero-order valence-corrected chi connectivity index (χ0v) is 19.0. The van der Waals surface area contributed by atoms with Gasteiger partial charge in [-0.15, -0.1) is 0 Å². The summed E-state index contributed by atoms with van der Waals surface area (Å²) in [5.41, 5.74) is 3.68. The van der Waals surface area contributed by atoms with Gasteiger partial charge in [-0.2, -0.15) is 5.26 Å². The van der Waals surface area contributed by atoms with Gasteiger partial charge >= 0.3 is 0 Å². The second kappa shape index (κ2) is 9.28. The van der Waals surface area contributed by atoms with Crippen LogP contribution in [0, 0.1) is 17.1 Å². The van der Waals surface area contributed by atoms with Gasteiger partial charge in [-0.1, -0.05) is 43.8 Å². The highest BCUT2D eigenvalue weighted by atomic mass is 32.2. The fourth-order valence-electron chi connectivity index (χ4n) is 3.67. The summed E-state index contributed by atoms with van der Waals surface area (Å²) in [6.07, 6.45) is 1.64. The first-order valence-corrected chi connectivity index (χ1v) is 11.8. The van der Waals surface area contributed by atoms with Crippen molar-refractivity contribution >= 4 is 15.7 Å². The van der Waals surface area contributed by atoms with Gasteiger partial charge in [0.1, 0.15) is 24.2 Å². The highest BCUT2D eigenvalue weighted by Crippen LogP contribution is 2.36. The number of ether oxygens (including phenoxy) is 1. The fourth-order valence-corrected chi connectivity index (χ4v) is 4.21. The van der Waals surface area contributed by atoms with Crippen molar-refractivity contribution in [3.8, 4) is 22.9 Å². The van der Waals surface area contributed by atoms with Crippen LogP contribution < -0.4 is 9.46 Å². The van der Waals surface area contributed by atoms with Crippen LogP contribution >= 0.6 is 0 Å². The molecule has 3 rings (SSSR count). The van der Waals surface area contributed by atoms with Gasteiger partial charge in [0, 0.05) is 23.9 Å². The topological polar surface area (TPSA) is 84.1 Å². The first-order valence-electron chi connectivity index (χ1n) is 9.91. The zero-order valence-electron chi connectivity index (χ0n) is 18.1. The van der Waals surface area contributed by atoms with Crippen LogP contribution in [0.4, 0.5) is 4.39 Å². The van der Waals surface area contributed by atoms with E-state index in [0.29, 0.717) is 40.1 Å². The van der Waals surface area contributed by atoms with Crippen molar-refractivity contribution in [2.75, 3.05) is 6.26 Å². The van der Waals surface area contributed by atoms with Gasteiger partial charge in [0.25, 0.3) is 0 Å². The lowest BCUT2D eigenvalue weighted by atomic mass is 9.99. The molecule has 0 atom stereocenters. The van der Waals surface area contributed by atoms with Crippen LogP contribution in [0.5, 0.6) is 5.75 Å². The van der Waals surface area contributed by atoms with Gasteiger partial charge in [-0.05, 0) is 30.2 Å². The summed E-state index contributed by atoms with van der Waals surface area (Å²) < 4.78 is 47.2. The summed E-state index contributed by atoms with van der Waals surface area (Å²) in [5.74, 6) is 0.206. The molecule has 0 spiro atoms. The maximum atomic E-state index is 13.8. The summed E-state index contributed by atoms with van der Waals surface area (Å²) in [5, 5.41) is 9.84. The SMILES string of the molecule is C=C(NS(C)(=O)=O)c1c(-c2ccc(OCc3ccccc3F)cc2)c(C#N)c(CC)n1C. The molecular formula is C24H24FN3O3S. The molecule has 0 amide bonds.